The Kier molecular flexibility index (Phi) is 6.22. The van der Waals surface area contributed by atoms with Crippen LogP contribution in [0.15, 0.2) is 59.3 Å². The average molecular weight is 377 g/mol. The lowest BCUT2D eigenvalue weighted by Crippen LogP contribution is -2.25. The van der Waals surface area contributed by atoms with Crippen LogP contribution in [0.3, 0.4) is 0 Å². The molecule has 0 unspecified atom stereocenters. The van der Waals surface area contributed by atoms with Gasteiger partial charge in [-0.05, 0) is 31.5 Å². The van der Waals surface area contributed by atoms with E-state index in [1.54, 1.807) is 24.3 Å². The Morgan fingerprint density at radius 3 is 2.54 bits per heavy atom. The molecule has 0 radical (unpaired) electrons. The molecule has 0 saturated carbocycles. The van der Waals surface area contributed by atoms with Gasteiger partial charge in [-0.1, -0.05) is 49.2 Å². The van der Waals surface area contributed by atoms with Crippen LogP contribution in [0.4, 0.5) is 5.69 Å². The van der Waals surface area contributed by atoms with Crippen LogP contribution in [-0.4, -0.2) is 23.3 Å². The fraction of sp³-hybridized carbons (Fsp3) is 0.227. The number of amides is 2. The van der Waals surface area contributed by atoms with Gasteiger partial charge in [0.25, 0.3) is 11.8 Å². The highest BCUT2D eigenvalue weighted by molar-refractivity contribution is 6.09. The van der Waals surface area contributed by atoms with Gasteiger partial charge in [0.05, 0.1) is 5.56 Å². The number of anilines is 1. The van der Waals surface area contributed by atoms with Crippen molar-refractivity contribution >= 4 is 17.5 Å². The molecule has 2 amide bonds. The molecule has 28 heavy (non-hydrogen) atoms. The van der Waals surface area contributed by atoms with Crippen molar-refractivity contribution in [3.63, 3.8) is 0 Å². The smallest absolute Gasteiger partial charge is 0.273 e. The van der Waals surface area contributed by atoms with Gasteiger partial charge in [-0.2, -0.15) is 0 Å². The summed E-state index contributed by atoms with van der Waals surface area (Å²) in [5.41, 5.74) is 2.90. The second-order valence-electron chi connectivity index (χ2n) is 6.51. The first-order valence-corrected chi connectivity index (χ1v) is 9.29. The van der Waals surface area contributed by atoms with Gasteiger partial charge < -0.3 is 15.1 Å². The predicted octanol–water partition coefficient (Wildman–Crippen LogP) is 4.43. The SMILES string of the molecule is CCCCNC(=O)c1ncoc1-c1ccccc1C(=O)Nc1ccc(C)cc1. The van der Waals surface area contributed by atoms with E-state index in [9.17, 15) is 9.59 Å². The molecule has 6 heteroatoms. The Morgan fingerprint density at radius 2 is 1.79 bits per heavy atom. The second-order valence-corrected chi connectivity index (χ2v) is 6.51. The summed E-state index contributed by atoms with van der Waals surface area (Å²) in [5.74, 6) is -0.317. The minimum Gasteiger partial charge on any atom is -0.443 e. The van der Waals surface area contributed by atoms with E-state index in [1.807, 2.05) is 31.2 Å². The molecule has 0 bridgehead atoms. The number of hydrogen-bond acceptors (Lipinski definition) is 4. The summed E-state index contributed by atoms with van der Waals surface area (Å²) in [7, 11) is 0. The number of hydrogen-bond donors (Lipinski definition) is 2. The highest BCUT2D eigenvalue weighted by Gasteiger charge is 2.22. The van der Waals surface area contributed by atoms with E-state index in [2.05, 4.69) is 22.5 Å². The van der Waals surface area contributed by atoms with Crippen molar-refractivity contribution in [1.29, 1.82) is 0 Å². The van der Waals surface area contributed by atoms with E-state index >= 15 is 0 Å². The number of carbonyl (C=O) groups excluding carboxylic acids is 2. The number of nitrogens with one attached hydrogen (secondary N) is 2. The van der Waals surface area contributed by atoms with E-state index in [1.165, 1.54) is 6.39 Å². The van der Waals surface area contributed by atoms with E-state index in [0.717, 1.165) is 18.4 Å². The molecule has 0 saturated heterocycles. The maximum atomic E-state index is 12.8. The Balaban J connectivity index is 1.87. The quantitative estimate of drug-likeness (QED) is 0.597. The molecule has 0 aliphatic carbocycles. The lowest BCUT2D eigenvalue weighted by molar-refractivity contribution is 0.0947. The predicted molar refractivity (Wildman–Crippen MR) is 108 cm³/mol. The number of aromatic nitrogens is 1. The molecule has 0 aliphatic heterocycles. The molecule has 1 heterocycles. The van der Waals surface area contributed by atoms with Crippen LogP contribution in [0.25, 0.3) is 11.3 Å². The standard InChI is InChI=1S/C22H23N3O3/c1-3-4-13-23-22(27)19-20(28-14-24-19)17-7-5-6-8-18(17)21(26)25-16-11-9-15(2)10-12-16/h5-12,14H,3-4,13H2,1-2H3,(H,23,27)(H,25,26). The molecule has 1 aromatic heterocycles. The van der Waals surface area contributed by atoms with Crippen LogP contribution in [-0.2, 0) is 0 Å². The minimum atomic E-state index is -0.314. The Morgan fingerprint density at radius 1 is 1.04 bits per heavy atom. The first-order chi connectivity index (χ1) is 13.6. The average Bonchev–Trinajstić information content (AvgIpc) is 3.19. The van der Waals surface area contributed by atoms with Gasteiger partial charge in [-0.25, -0.2) is 4.98 Å². The van der Waals surface area contributed by atoms with E-state index in [-0.39, 0.29) is 23.3 Å². The van der Waals surface area contributed by atoms with Crippen molar-refractivity contribution in [1.82, 2.24) is 10.3 Å². The van der Waals surface area contributed by atoms with Crippen LogP contribution in [0, 0.1) is 6.92 Å². The summed E-state index contributed by atoms with van der Waals surface area (Å²) < 4.78 is 5.48. The third kappa shape index (κ3) is 4.46. The molecule has 3 aromatic rings. The normalized spacial score (nSPS) is 10.5. The number of unbranched alkanes of at least 4 members (excludes halogenated alkanes) is 1. The maximum absolute atomic E-state index is 12.8. The maximum Gasteiger partial charge on any atom is 0.273 e. The fourth-order valence-corrected chi connectivity index (χ4v) is 2.78. The van der Waals surface area contributed by atoms with E-state index in [0.29, 0.717) is 23.4 Å². The molecule has 0 atom stereocenters. The molecule has 0 aliphatic rings. The van der Waals surface area contributed by atoms with Crippen LogP contribution >= 0.6 is 0 Å². The largest absolute Gasteiger partial charge is 0.443 e. The molecule has 6 nitrogen and oxygen atoms in total. The number of rotatable bonds is 7. The van der Waals surface area contributed by atoms with Gasteiger partial charge in [-0.3, -0.25) is 9.59 Å². The van der Waals surface area contributed by atoms with Crippen molar-refractivity contribution in [2.45, 2.75) is 26.7 Å². The third-order valence-electron chi connectivity index (χ3n) is 4.32. The van der Waals surface area contributed by atoms with E-state index < -0.39 is 0 Å². The number of benzene rings is 2. The zero-order valence-corrected chi connectivity index (χ0v) is 16.0. The monoisotopic (exact) mass is 377 g/mol. The van der Waals surface area contributed by atoms with Crippen LogP contribution in [0.2, 0.25) is 0 Å². The van der Waals surface area contributed by atoms with Gasteiger partial charge in [0.15, 0.2) is 17.8 Å². The lowest BCUT2D eigenvalue weighted by atomic mass is 10.0. The summed E-state index contributed by atoms with van der Waals surface area (Å²) >= 11 is 0. The first-order valence-electron chi connectivity index (χ1n) is 9.29. The highest BCUT2D eigenvalue weighted by atomic mass is 16.3. The number of carbonyl (C=O) groups is 2. The van der Waals surface area contributed by atoms with Gasteiger partial charge in [-0.15, -0.1) is 0 Å². The molecule has 2 N–H and O–H groups in total. The fourth-order valence-electron chi connectivity index (χ4n) is 2.78. The number of oxazole rings is 1. The lowest BCUT2D eigenvalue weighted by Gasteiger charge is -2.10. The Labute approximate surface area is 164 Å². The summed E-state index contributed by atoms with van der Waals surface area (Å²) in [4.78, 5) is 29.3. The molecule has 2 aromatic carbocycles. The second kappa shape index (κ2) is 8.99. The first kappa shape index (κ1) is 19.4. The van der Waals surface area contributed by atoms with Crippen LogP contribution in [0.1, 0.15) is 46.2 Å². The van der Waals surface area contributed by atoms with Gasteiger partial charge in [0, 0.05) is 17.8 Å². The van der Waals surface area contributed by atoms with Crippen molar-refractivity contribution in [2.75, 3.05) is 11.9 Å². The van der Waals surface area contributed by atoms with Crippen LogP contribution < -0.4 is 10.6 Å². The van der Waals surface area contributed by atoms with Gasteiger partial charge in [0.1, 0.15) is 0 Å². The van der Waals surface area contributed by atoms with Gasteiger partial charge >= 0.3 is 0 Å². The van der Waals surface area contributed by atoms with Crippen molar-refractivity contribution in [3.05, 3.63) is 71.7 Å². The summed E-state index contributed by atoms with van der Waals surface area (Å²) in [6, 6.07) is 14.5. The van der Waals surface area contributed by atoms with Crippen LogP contribution in [0.5, 0.6) is 0 Å². The molecule has 3 rings (SSSR count). The zero-order chi connectivity index (χ0) is 19.9. The van der Waals surface area contributed by atoms with Crippen molar-refractivity contribution in [3.8, 4) is 11.3 Å². The number of nitrogens with zero attached hydrogens (tertiary/aromatic N) is 1. The zero-order valence-electron chi connectivity index (χ0n) is 16.0. The van der Waals surface area contributed by atoms with Gasteiger partial charge in [0.2, 0.25) is 0 Å². The highest BCUT2D eigenvalue weighted by Crippen LogP contribution is 2.27. The topological polar surface area (TPSA) is 84.2 Å². The minimum absolute atomic E-state index is 0.173. The summed E-state index contributed by atoms with van der Waals surface area (Å²) in [5, 5.41) is 5.70. The molecular formula is C22H23N3O3. The Bertz CT molecular complexity index is 961. The van der Waals surface area contributed by atoms with Crippen molar-refractivity contribution < 1.29 is 14.0 Å². The molecular weight excluding hydrogens is 354 g/mol. The molecule has 0 fully saturated rings. The summed E-state index contributed by atoms with van der Waals surface area (Å²) in [6.45, 7) is 4.60. The number of aryl methyl sites for hydroxylation is 1. The van der Waals surface area contributed by atoms with E-state index in [4.69, 9.17) is 4.42 Å². The summed E-state index contributed by atoms with van der Waals surface area (Å²) in [6.07, 6.45) is 3.08. The Hall–Kier alpha value is -3.41. The molecule has 144 valence electrons. The third-order valence-corrected chi connectivity index (χ3v) is 4.32. The molecule has 0 spiro atoms. The van der Waals surface area contributed by atoms with Crippen molar-refractivity contribution in [2.24, 2.45) is 0 Å².